The summed E-state index contributed by atoms with van der Waals surface area (Å²) in [5.74, 6) is -1.15. The first kappa shape index (κ1) is 16.6. The number of nitrogens with two attached hydrogens (primary N) is 1. The summed E-state index contributed by atoms with van der Waals surface area (Å²) >= 11 is 0. The van der Waals surface area contributed by atoms with Crippen molar-refractivity contribution >= 4 is 11.8 Å². The first-order valence-corrected chi connectivity index (χ1v) is 8.09. The van der Waals surface area contributed by atoms with Gasteiger partial charge >= 0.3 is 5.69 Å². The van der Waals surface area contributed by atoms with E-state index in [4.69, 9.17) is 5.73 Å². The summed E-state index contributed by atoms with van der Waals surface area (Å²) in [6.45, 7) is 0. The van der Waals surface area contributed by atoms with Crippen LogP contribution in [-0.2, 0) is 6.42 Å². The molecule has 2 heterocycles. The summed E-state index contributed by atoms with van der Waals surface area (Å²) < 4.78 is 1.17. The molecule has 0 radical (unpaired) electrons. The van der Waals surface area contributed by atoms with Crippen LogP contribution in [0.3, 0.4) is 0 Å². The number of tetrazole rings is 1. The van der Waals surface area contributed by atoms with Gasteiger partial charge in [0.15, 0.2) is 0 Å². The number of hydrogen-bond acceptors (Lipinski definition) is 7. The van der Waals surface area contributed by atoms with Gasteiger partial charge < -0.3 is 11.1 Å². The van der Waals surface area contributed by atoms with E-state index in [-0.39, 0.29) is 17.4 Å². The highest BCUT2D eigenvalue weighted by atomic mass is 16.2. The molecule has 0 bridgehead atoms. The molecular weight excluding hydrogens is 352 g/mol. The summed E-state index contributed by atoms with van der Waals surface area (Å²) in [7, 11) is 0. The number of fused-ring (bicyclic) bond motifs is 1. The SMILES string of the molecule is NC(=O)c1cc(C(=O)N[C@H]2CCc3cc(-n4nn[nH]c4=O)ccc32)ncn1. The zero-order chi connectivity index (χ0) is 19.0. The number of aryl methyl sites for hydroxylation is 1. The van der Waals surface area contributed by atoms with E-state index < -0.39 is 17.5 Å². The van der Waals surface area contributed by atoms with Gasteiger partial charge in [-0.25, -0.2) is 19.9 Å². The van der Waals surface area contributed by atoms with E-state index in [9.17, 15) is 14.4 Å². The lowest BCUT2D eigenvalue weighted by Gasteiger charge is -2.14. The number of benzene rings is 1. The highest BCUT2D eigenvalue weighted by molar-refractivity contribution is 5.96. The minimum atomic E-state index is -0.728. The van der Waals surface area contributed by atoms with Gasteiger partial charge in [0.2, 0.25) is 0 Å². The lowest BCUT2D eigenvalue weighted by Crippen LogP contribution is -2.28. The summed E-state index contributed by atoms with van der Waals surface area (Å²) in [6.07, 6.45) is 2.56. The van der Waals surface area contributed by atoms with Crippen LogP contribution in [0.25, 0.3) is 5.69 Å². The smallest absolute Gasteiger partial charge is 0.364 e. The molecule has 4 N–H and O–H groups in total. The summed E-state index contributed by atoms with van der Waals surface area (Å²) in [5.41, 5.74) is 7.36. The molecule has 11 nitrogen and oxygen atoms in total. The monoisotopic (exact) mass is 366 g/mol. The minimum absolute atomic E-state index is 0.0235. The third-order valence-electron chi connectivity index (χ3n) is 4.38. The largest absolute Gasteiger partial charge is 0.365 e. The Hall–Kier alpha value is -3.89. The molecule has 4 rings (SSSR count). The molecule has 0 unspecified atom stereocenters. The van der Waals surface area contributed by atoms with Crippen molar-refractivity contribution in [3.05, 3.63) is 63.6 Å². The van der Waals surface area contributed by atoms with Crippen molar-refractivity contribution in [2.75, 3.05) is 0 Å². The quantitative estimate of drug-likeness (QED) is 0.548. The van der Waals surface area contributed by atoms with Crippen molar-refractivity contribution in [3.8, 4) is 5.69 Å². The Morgan fingerprint density at radius 1 is 1.22 bits per heavy atom. The van der Waals surface area contributed by atoms with Crippen molar-refractivity contribution < 1.29 is 9.59 Å². The van der Waals surface area contributed by atoms with Gasteiger partial charge in [-0.15, -0.1) is 0 Å². The molecule has 0 saturated heterocycles. The number of nitrogens with zero attached hydrogens (tertiary/aromatic N) is 5. The van der Waals surface area contributed by atoms with E-state index in [2.05, 4.69) is 30.8 Å². The van der Waals surface area contributed by atoms with Gasteiger partial charge in [-0.3, -0.25) is 9.59 Å². The molecule has 0 aliphatic heterocycles. The number of amides is 2. The average Bonchev–Trinajstić information content (AvgIpc) is 3.27. The Labute approximate surface area is 151 Å². The van der Waals surface area contributed by atoms with Crippen molar-refractivity contribution in [3.63, 3.8) is 0 Å². The Kier molecular flexibility index (Phi) is 3.95. The number of carbonyl (C=O) groups is 2. The van der Waals surface area contributed by atoms with E-state index in [0.717, 1.165) is 23.9 Å². The fourth-order valence-electron chi connectivity index (χ4n) is 3.10. The molecular formula is C16H14N8O3. The van der Waals surface area contributed by atoms with Crippen molar-refractivity contribution in [1.82, 2.24) is 35.5 Å². The van der Waals surface area contributed by atoms with Gasteiger partial charge in [-0.05, 0) is 46.5 Å². The molecule has 2 aromatic heterocycles. The van der Waals surface area contributed by atoms with Crippen LogP contribution in [0.5, 0.6) is 0 Å². The number of primary amides is 1. The van der Waals surface area contributed by atoms with Gasteiger partial charge in [-0.1, -0.05) is 6.07 Å². The van der Waals surface area contributed by atoms with Crippen LogP contribution in [0, 0.1) is 0 Å². The van der Waals surface area contributed by atoms with Crippen LogP contribution in [-0.4, -0.2) is 42.0 Å². The topological polar surface area (TPSA) is 162 Å². The average molecular weight is 366 g/mol. The molecule has 3 aromatic rings. The fraction of sp³-hybridized carbons (Fsp3) is 0.188. The summed E-state index contributed by atoms with van der Waals surface area (Å²) in [4.78, 5) is 42.9. The zero-order valence-corrected chi connectivity index (χ0v) is 13.9. The second-order valence-electron chi connectivity index (χ2n) is 6.02. The van der Waals surface area contributed by atoms with Crippen LogP contribution < -0.4 is 16.7 Å². The van der Waals surface area contributed by atoms with Crippen LogP contribution in [0.1, 0.15) is 44.6 Å². The second-order valence-corrected chi connectivity index (χ2v) is 6.02. The normalized spacial score (nSPS) is 15.3. The van der Waals surface area contributed by atoms with Crippen molar-refractivity contribution in [1.29, 1.82) is 0 Å². The number of nitrogens with one attached hydrogen (secondary N) is 2. The van der Waals surface area contributed by atoms with Crippen LogP contribution in [0.15, 0.2) is 35.4 Å². The highest BCUT2D eigenvalue weighted by Gasteiger charge is 2.25. The third-order valence-corrected chi connectivity index (χ3v) is 4.38. The number of carbonyl (C=O) groups excluding carboxylic acids is 2. The summed E-state index contributed by atoms with van der Waals surface area (Å²) in [6, 6.07) is 6.49. The van der Waals surface area contributed by atoms with Crippen molar-refractivity contribution in [2.24, 2.45) is 5.73 Å². The predicted octanol–water partition coefficient (Wildman–Crippen LogP) is -0.738. The molecule has 1 aromatic carbocycles. The number of aromatic amines is 1. The zero-order valence-electron chi connectivity index (χ0n) is 13.9. The molecule has 0 spiro atoms. The number of H-pyrrole nitrogens is 1. The standard InChI is InChI=1S/C16H14N8O3/c17-14(25)12-6-13(19-7-18-12)15(26)20-11-4-1-8-5-9(2-3-10(8)11)24-16(27)21-22-23-24/h2-3,5-7,11H,1,4H2,(H2,17,25)(H,20,26)(H,21,23,27)/t11-/m0/s1. The molecule has 136 valence electrons. The Morgan fingerprint density at radius 2 is 2.04 bits per heavy atom. The number of rotatable bonds is 4. The van der Waals surface area contributed by atoms with Gasteiger partial charge in [0.1, 0.15) is 17.7 Å². The van der Waals surface area contributed by atoms with E-state index in [0.29, 0.717) is 12.1 Å². The third kappa shape index (κ3) is 3.05. The predicted molar refractivity (Wildman–Crippen MR) is 91.1 cm³/mol. The van der Waals surface area contributed by atoms with E-state index in [1.165, 1.54) is 10.7 Å². The van der Waals surface area contributed by atoms with Crippen LogP contribution in [0.4, 0.5) is 0 Å². The molecule has 2 amide bonds. The van der Waals surface area contributed by atoms with Gasteiger partial charge in [0.25, 0.3) is 11.8 Å². The first-order valence-electron chi connectivity index (χ1n) is 8.09. The number of hydrogen-bond donors (Lipinski definition) is 3. The Morgan fingerprint density at radius 3 is 2.78 bits per heavy atom. The summed E-state index contributed by atoms with van der Waals surface area (Å²) in [5, 5.41) is 12.3. The highest BCUT2D eigenvalue weighted by Crippen LogP contribution is 2.32. The molecule has 0 fully saturated rings. The van der Waals surface area contributed by atoms with E-state index in [1.807, 2.05) is 12.1 Å². The molecule has 27 heavy (non-hydrogen) atoms. The van der Waals surface area contributed by atoms with E-state index >= 15 is 0 Å². The number of aromatic nitrogens is 6. The van der Waals surface area contributed by atoms with Crippen LogP contribution in [0.2, 0.25) is 0 Å². The fourth-order valence-corrected chi connectivity index (χ4v) is 3.10. The lowest BCUT2D eigenvalue weighted by atomic mass is 10.1. The second kappa shape index (κ2) is 6.44. The Balaban J connectivity index is 1.55. The minimum Gasteiger partial charge on any atom is -0.364 e. The molecule has 1 atom stereocenters. The Bertz CT molecular complexity index is 1100. The van der Waals surface area contributed by atoms with Crippen molar-refractivity contribution in [2.45, 2.75) is 18.9 Å². The lowest BCUT2D eigenvalue weighted by molar-refractivity contribution is 0.0931. The molecule has 11 heteroatoms. The van der Waals surface area contributed by atoms with Gasteiger partial charge in [0.05, 0.1) is 11.7 Å². The van der Waals surface area contributed by atoms with Gasteiger partial charge in [0, 0.05) is 6.07 Å². The maximum absolute atomic E-state index is 12.5. The molecule has 1 aliphatic carbocycles. The first-order chi connectivity index (χ1) is 13.0. The molecule has 1 aliphatic rings. The maximum atomic E-state index is 12.5. The van der Waals surface area contributed by atoms with Crippen LogP contribution >= 0.6 is 0 Å². The molecule has 0 saturated carbocycles. The maximum Gasteiger partial charge on any atom is 0.365 e. The van der Waals surface area contributed by atoms with E-state index in [1.54, 1.807) is 6.07 Å². The van der Waals surface area contributed by atoms with Gasteiger partial charge in [-0.2, -0.15) is 4.68 Å².